The predicted molar refractivity (Wildman–Crippen MR) is 71.4 cm³/mol. The SMILES string of the molecule is CN[C@@H](C[C@H]1CC2(CCOCC2)NC1=O)C(=O)O.Cl. The smallest absolute Gasteiger partial charge is 0.320 e. The minimum Gasteiger partial charge on any atom is -0.480 e. The zero-order chi connectivity index (χ0) is 13.2. The highest BCUT2D eigenvalue weighted by molar-refractivity contribution is 5.85. The number of carboxylic acids is 1. The zero-order valence-corrected chi connectivity index (χ0v) is 11.8. The first-order chi connectivity index (χ1) is 8.56. The van der Waals surface area contributed by atoms with E-state index in [2.05, 4.69) is 10.6 Å². The lowest BCUT2D eigenvalue weighted by atomic mass is 9.84. The van der Waals surface area contributed by atoms with Crippen LogP contribution in [0.25, 0.3) is 0 Å². The van der Waals surface area contributed by atoms with Gasteiger partial charge in [-0.25, -0.2) is 0 Å². The van der Waals surface area contributed by atoms with Gasteiger partial charge in [-0.15, -0.1) is 12.4 Å². The predicted octanol–water partition coefficient (Wildman–Crippen LogP) is 0.156. The van der Waals surface area contributed by atoms with Crippen molar-refractivity contribution in [3.05, 3.63) is 0 Å². The summed E-state index contributed by atoms with van der Waals surface area (Å²) in [6.07, 6.45) is 2.72. The number of carbonyl (C=O) groups excluding carboxylic acids is 1. The molecule has 3 N–H and O–H groups in total. The van der Waals surface area contributed by atoms with E-state index in [1.165, 1.54) is 0 Å². The highest BCUT2D eigenvalue weighted by atomic mass is 35.5. The molecule has 0 saturated carbocycles. The van der Waals surface area contributed by atoms with Crippen LogP contribution in [0.4, 0.5) is 0 Å². The van der Waals surface area contributed by atoms with Gasteiger partial charge in [-0.1, -0.05) is 0 Å². The van der Waals surface area contributed by atoms with Crippen molar-refractivity contribution in [1.29, 1.82) is 0 Å². The van der Waals surface area contributed by atoms with Crippen LogP contribution < -0.4 is 10.6 Å². The molecule has 6 nitrogen and oxygen atoms in total. The summed E-state index contributed by atoms with van der Waals surface area (Å²) in [5.74, 6) is -1.13. The monoisotopic (exact) mass is 292 g/mol. The van der Waals surface area contributed by atoms with Crippen LogP contribution >= 0.6 is 12.4 Å². The number of amides is 1. The van der Waals surface area contributed by atoms with Crippen LogP contribution in [0.3, 0.4) is 0 Å². The van der Waals surface area contributed by atoms with Crippen molar-refractivity contribution in [2.75, 3.05) is 20.3 Å². The molecule has 0 aromatic rings. The number of halogens is 1. The fraction of sp³-hybridized carbons (Fsp3) is 0.833. The molecular formula is C12H21ClN2O4. The van der Waals surface area contributed by atoms with Gasteiger partial charge >= 0.3 is 5.97 Å². The fourth-order valence-electron chi connectivity index (χ4n) is 2.89. The second-order valence-electron chi connectivity index (χ2n) is 5.20. The molecule has 0 aliphatic carbocycles. The van der Waals surface area contributed by atoms with Gasteiger partial charge in [0.25, 0.3) is 0 Å². The number of carbonyl (C=O) groups is 2. The molecule has 0 aromatic carbocycles. The molecule has 2 aliphatic rings. The van der Waals surface area contributed by atoms with Crippen molar-refractivity contribution in [3.63, 3.8) is 0 Å². The van der Waals surface area contributed by atoms with Crippen molar-refractivity contribution in [1.82, 2.24) is 10.6 Å². The summed E-state index contributed by atoms with van der Waals surface area (Å²) in [4.78, 5) is 22.9. The summed E-state index contributed by atoms with van der Waals surface area (Å²) in [7, 11) is 1.61. The van der Waals surface area contributed by atoms with Crippen molar-refractivity contribution >= 4 is 24.3 Å². The molecule has 0 unspecified atom stereocenters. The minimum atomic E-state index is -0.904. The molecular weight excluding hydrogens is 272 g/mol. The fourth-order valence-corrected chi connectivity index (χ4v) is 2.89. The number of carboxylic acid groups (broad SMARTS) is 1. The van der Waals surface area contributed by atoms with E-state index in [1.807, 2.05) is 0 Å². The average molecular weight is 293 g/mol. The van der Waals surface area contributed by atoms with Gasteiger partial charge in [-0.05, 0) is 32.7 Å². The first kappa shape index (κ1) is 16.2. The van der Waals surface area contributed by atoms with Crippen LogP contribution in [0, 0.1) is 5.92 Å². The van der Waals surface area contributed by atoms with Crippen LogP contribution in [-0.4, -0.2) is 48.8 Å². The van der Waals surface area contributed by atoms with Crippen molar-refractivity contribution in [2.45, 2.75) is 37.3 Å². The van der Waals surface area contributed by atoms with Crippen molar-refractivity contribution < 1.29 is 19.4 Å². The second kappa shape index (κ2) is 6.54. The molecule has 0 aromatic heterocycles. The Labute approximate surface area is 118 Å². The number of hydrogen-bond acceptors (Lipinski definition) is 4. The van der Waals surface area contributed by atoms with Gasteiger partial charge in [0, 0.05) is 24.7 Å². The average Bonchev–Trinajstić information content (AvgIpc) is 2.63. The second-order valence-corrected chi connectivity index (χ2v) is 5.20. The van der Waals surface area contributed by atoms with Gasteiger partial charge in [-0.3, -0.25) is 9.59 Å². The van der Waals surface area contributed by atoms with E-state index in [-0.39, 0.29) is 29.8 Å². The summed E-state index contributed by atoms with van der Waals surface area (Å²) in [5, 5.41) is 14.8. The Bertz CT molecular complexity index is 345. The first-order valence-electron chi connectivity index (χ1n) is 6.36. The number of likely N-dealkylation sites (N-methyl/N-ethyl adjacent to an activating group) is 1. The summed E-state index contributed by atoms with van der Waals surface area (Å²) in [5.41, 5.74) is -0.156. The molecule has 110 valence electrons. The molecule has 2 heterocycles. The third-order valence-corrected chi connectivity index (χ3v) is 4.01. The van der Waals surface area contributed by atoms with E-state index < -0.39 is 12.0 Å². The number of nitrogens with one attached hydrogen (secondary N) is 2. The van der Waals surface area contributed by atoms with Gasteiger partial charge in [-0.2, -0.15) is 0 Å². The molecule has 19 heavy (non-hydrogen) atoms. The summed E-state index contributed by atoms with van der Waals surface area (Å²) >= 11 is 0. The Hall–Kier alpha value is -0.850. The van der Waals surface area contributed by atoms with Gasteiger partial charge < -0.3 is 20.5 Å². The third kappa shape index (κ3) is 3.58. The topological polar surface area (TPSA) is 87.7 Å². The molecule has 2 aliphatic heterocycles. The maximum Gasteiger partial charge on any atom is 0.320 e. The molecule has 2 atom stereocenters. The van der Waals surface area contributed by atoms with E-state index in [9.17, 15) is 9.59 Å². The molecule has 0 radical (unpaired) electrons. The molecule has 1 amide bonds. The van der Waals surface area contributed by atoms with Crippen LogP contribution in [0.15, 0.2) is 0 Å². The molecule has 7 heteroatoms. The van der Waals surface area contributed by atoms with Gasteiger partial charge in [0.1, 0.15) is 6.04 Å². The minimum absolute atomic E-state index is 0. The molecule has 2 rings (SSSR count). The lowest BCUT2D eigenvalue weighted by molar-refractivity contribution is -0.140. The summed E-state index contributed by atoms with van der Waals surface area (Å²) < 4.78 is 5.31. The summed E-state index contributed by atoms with van der Waals surface area (Å²) in [6.45, 7) is 1.34. The lowest BCUT2D eigenvalue weighted by Crippen LogP contribution is -2.45. The van der Waals surface area contributed by atoms with Gasteiger partial charge in [0.05, 0.1) is 0 Å². The number of aliphatic carboxylic acids is 1. The Balaban J connectivity index is 0.00000180. The highest BCUT2D eigenvalue weighted by Crippen LogP contribution is 2.35. The van der Waals surface area contributed by atoms with Crippen LogP contribution in [-0.2, 0) is 14.3 Å². The van der Waals surface area contributed by atoms with Crippen LogP contribution in [0.2, 0.25) is 0 Å². The first-order valence-corrected chi connectivity index (χ1v) is 6.36. The molecule has 2 fully saturated rings. The van der Waals surface area contributed by atoms with Crippen molar-refractivity contribution in [2.24, 2.45) is 5.92 Å². The van der Waals surface area contributed by atoms with E-state index in [1.54, 1.807) is 7.05 Å². The Morgan fingerprint density at radius 1 is 1.58 bits per heavy atom. The Morgan fingerprint density at radius 2 is 2.21 bits per heavy atom. The highest BCUT2D eigenvalue weighted by Gasteiger charge is 2.45. The van der Waals surface area contributed by atoms with E-state index in [0.717, 1.165) is 19.3 Å². The standard InChI is InChI=1S/C12H20N2O4.ClH/c1-13-9(11(16)17)6-8-7-12(14-10(8)15)2-4-18-5-3-12;/h8-9,13H,2-7H2,1H3,(H,14,15)(H,16,17);1H/t8-,9-;/m0./s1. The third-order valence-electron chi connectivity index (χ3n) is 4.01. The normalized spacial score (nSPS) is 26.6. The Kier molecular flexibility index (Phi) is 5.58. The summed E-state index contributed by atoms with van der Waals surface area (Å²) in [6, 6.07) is -0.657. The molecule has 0 bridgehead atoms. The Morgan fingerprint density at radius 3 is 2.74 bits per heavy atom. The maximum atomic E-state index is 11.9. The van der Waals surface area contributed by atoms with E-state index in [0.29, 0.717) is 19.6 Å². The number of ether oxygens (including phenoxy) is 1. The van der Waals surface area contributed by atoms with Crippen molar-refractivity contribution in [3.8, 4) is 0 Å². The number of hydrogen-bond donors (Lipinski definition) is 3. The maximum absolute atomic E-state index is 11.9. The van der Waals surface area contributed by atoms with E-state index in [4.69, 9.17) is 9.84 Å². The van der Waals surface area contributed by atoms with E-state index >= 15 is 0 Å². The van der Waals surface area contributed by atoms with Crippen LogP contribution in [0.1, 0.15) is 25.7 Å². The van der Waals surface area contributed by atoms with Gasteiger partial charge in [0.15, 0.2) is 0 Å². The van der Waals surface area contributed by atoms with Crippen LogP contribution in [0.5, 0.6) is 0 Å². The largest absolute Gasteiger partial charge is 0.480 e. The van der Waals surface area contributed by atoms with Gasteiger partial charge in [0.2, 0.25) is 5.91 Å². The quantitative estimate of drug-likeness (QED) is 0.687. The number of rotatable bonds is 4. The lowest BCUT2D eigenvalue weighted by Gasteiger charge is -2.33. The zero-order valence-electron chi connectivity index (χ0n) is 11.0. The molecule has 1 spiro atoms. The molecule has 2 saturated heterocycles.